The molecule has 0 aromatic carbocycles. The van der Waals surface area contributed by atoms with Crippen molar-refractivity contribution in [2.75, 3.05) is 26.4 Å². The third-order valence-electron chi connectivity index (χ3n) is 1.91. The Balaban J connectivity index is 2.04. The van der Waals surface area contributed by atoms with Crippen LogP contribution >= 0.6 is 0 Å². The van der Waals surface area contributed by atoms with Crippen molar-refractivity contribution in [3.63, 3.8) is 0 Å². The van der Waals surface area contributed by atoms with Crippen LogP contribution in [0.3, 0.4) is 0 Å². The third-order valence-corrected chi connectivity index (χ3v) is 1.91. The topological polar surface area (TPSA) is 30.5 Å². The maximum absolute atomic E-state index is 5.47. The lowest BCUT2D eigenvalue weighted by atomic mass is 10.2. The molecule has 0 aromatic heterocycles. The van der Waals surface area contributed by atoms with Crippen LogP contribution in [0, 0.1) is 0 Å². The summed E-state index contributed by atoms with van der Waals surface area (Å²) in [5, 5.41) is 3.28. The fourth-order valence-corrected chi connectivity index (χ4v) is 1.38. The van der Waals surface area contributed by atoms with E-state index in [2.05, 4.69) is 5.32 Å². The van der Waals surface area contributed by atoms with Crippen molar-refractivity contribution in [1.82, 2.24) is 5.32 Å². The second kappa shape index (κ2) is 1.94. The molecule has 0 amide bonds. The Labute approximate surface area is 54.3 Å². The van der Waals surface area contributed by atoms with E-state index < -0.39 is 0 Å². The van der Waals surface area contributed by atoms with Gasteiger partial charge in [-0.1, -0.05) is 0 Å². The summed E-state index contributed by atoms with van der Waals surface area (Å²) in [5.41, 5.74) is -0.0833. The second-order valence-electron chi connectivity index (χ2n) is 2.57. The van der Waals surface area contributed by atoms with Crippen LogP contribution in [0.25, 0.3) is 0 Å². The highest BCUT2D eigenvalue weighted by molar-refractivity contribution is 4.85. The Morgan fingerprint density at radius 3 is 2.89 bits per heavy atom. The first-order valence-corrected chi connectivity index (χ1v) is 3.38. The highest BCUT2D eigenvalue weighted by Crippen LogP contribution is 2.22. The SMILES string of the molecule is C1COC2(CCOC2)N1. The van der Waals surface area contributed by atoms with Crippen molar-refractivity contribution >= 4 is 0 Å². The van der Waals surface area contributed by atoms with Crippen LogP contribution in [0.15, 0.2) is 0 Å². The zero-order valence-electron chi connectivity index (χ0n) is 5.35. The molecule has 2 heterocycles. The summed E-state index contributed by atoms with van der Waals surface area (Å²) in [6.07, 6.45) is 1.01. The molecule has 0 saturated carbocycles. The van der Waals surface area contributed by atoms with Crippen LogP contribution in [0.4, 0.5) is 0 Å². The van der Waals surface area contributed by atoms with Gasteiger partial charge in [0.25, 0.3) is 0 Å². The zero-order valence-corrected chi connectivity index (χ0v) is 5.35. The van der Waals surface area contributed by atoms with E-state index in [0.717, 1.165) is 32.8 Å². The van der Waals surface area contributed by atoms with Crippen molar-refractivity contribution in [3.05, 3.63) is 0 Å². The second-order valence-corrected chi connectivity index (χ2v) is 2.57. The molecular formula is C6H11NO2. The van der Waals surface area contributed by atoms with Crippen molar-refractivity contribution in [2.24, 2.45) is 0 Å². The largest absolute Gasteiger partial charge is 0.377 e. The quantitative estimate of drug-likeness (QED) is 0.488. The minimum atomic E-state index is -0.0833. The third kappa shape index (κ3) is 0.852. The highest BCUT2D eigenvalue weighted by Gasteiger charge is 2.38. The molecule has 52 valence electrons. The van der Waals surface area contributed by atoms with Crippen LogP contribution in [0.5, 0.6) is 0 Å². The summed E-state index contributed by atoms with van der Waals surface area (Å²) < 4.78 is 10.7. The van der Waals surface area contributed by atoms with E-state index in [0.29, 0.717) is 0 Å². The van der Waals surface area contributed by atoms with Gasteiger partial charge in [0, 0.05) is 13.0 Å². The summed E-state index contributed by atoms with van der Waals surface area (Å²) in [6, 6.07) is 0. The van der Waals surface area contributed by atoms with Crippen molar-refractivity contribution < 1.29 is 9.47 Å². The first-order chi connectivity index (χ1) is 4.41. The maximum Gasteiger partial charge on any atom is 0.145 e. The first kappa shape index (κ1) is 5.65. The lowest BCUT2D eigenvalue weighted by molar-refractivity contribution is -0.0161. The minimum Gasteiger partial charge on any atom is -0.377 e. The number of hydrogen-bond donors (Lipinski definition) is 1. The van der Waals surface area contributed by atoms with Gasteiger partial charge >= 0.3 is 0 Å². The smallest absolute Gasteiger partial charge is 0.145 e. The summed E-state index contributed by atoms with van der Waals surface area (Å²) in [4.78, 5) is 0. The Kier molecular flexibility index (Phi) is 1.22. The molecular weight excluding hydrogens is 118 g/mol. The van der Waals surface area contributed by atoms with Gasteiger partial charge < -0.3 is 9.47 Å². The van der Waals surface area contributed by atoms with Crippen LogP contribution in [0.2, 0.25) is 0 Å². The molecule has 9 heavy (non-hydrogen) atoms. The predicted molar refractivity (Wildman–Crippen MR) is 32.1 cm³/mol. The molecule has 2 aliphatic rings. The molecule has 0 aliphatic carbocycles. The fraction of sp³-hybridized carbons (Fsp3) is 1.00. The maximum atomic E-state index is 5.47. The molecule has 2 rings (SSSR count). The van der Waals surface area contributed by atoms with Gasteiger partial charge in [0.15, 0.2) is 0 Å². The fourth-order valence-electron chi connectivity index (χ4n) is 1.38. The Hall–Kier alpha value is -0.120. The highest BCUT2D eigenvalue weighted by atomic mass is 16.6. The normalized spacial score (nSPS) is 42.7. The van der Waals surface area contributed by atoms with E-state index in [9.17, 15) is 0 Å². The van der Waals surface area contributed by atoms with Gasteiger partial charge in [-0.3, -0.25) is 5.32 Å². The first-order valence-electron chi connectivity index (χ1n) is 3.38. The predicted octanol–water partition coefficient (Wildman–Crippen LogP) is -0.277. The molecule has 2 saturated heterocycles. The Morgan fingerprint density at radius 1 is 1.33 bits per heavy atom. The average molecular weight is 129 g/mol. The molecule has 0 bridgehead atoms. The van der Waals surface area contributed by atoms with Gasteiger partial charge in [0.1, 0.15) is 5.72 Å². The molecule has 0 radical (unpaired) electrons. The van der Waals surface area contributed by atoms with Gasteiger partial charge in [0.2, 0.25) is 0 Å². The van der Waals surface area contributed by atoms with E-state index in [-0.39, 0.29) is 5.72 Å². The zero-order chi connectivity index (χ0) is 6.16. The summed E-state index contributed by atoms with van der Waals surface area (Å²) >= 11 is 0. The standard InChI is InChI=1S/C6H11NO2/c1-3-8-5-6(1)7-2-4-9-6/h7H,1-5H2. The van der Waals surface area contributed by atoms with Gasteiger partial charge in [-0.2, -0.15) is 0 Å². The molecule has 3 nitrogen and oxygen atoms in total. The van der Waals surface area contributed by atoms with Crippen molar-refractivity contribution in [3.8, 4) is 0 Å². The minimum absolute atomic E-state index is 0.0833. The van der Waals surface area contributed by atoms with Gasteiger partial charge in [-0.05, 0) is 0 Å². The molecule has 0 aromatic rings. The van der Waals surface area contributed by atoms with Crippen LogP contribution in [-0.2, 0) is 9.47 Å². The van der Waals surface area contributed by atoms with Crippen molar-refractivity contribution in [1.29, 1.82) is 0 Å². The van der Waals surface area contributed by atoms with E-state index in [1.54, 1.807) is 0 Å². The van der Waals surface area contributed by atoms with E-state index >= 15 is 0 Å². The van der Waals surface area contributed by atoms with E-state index in [1.165, 1.54) is 0 Å². The number of nitrogens with one attached hydrogen (secondary N) is 1. The van der Waals surface area contributed by atoms with E-state index in [1.807, 2.05) is 0 Å². The number of ether oxygens (including phenoxy) is 2. The summed E-state index contributed by atoms with van der Waals surface area (Å²) in [7, 11) is 0. The molecule has 1 atom stereocenters. The monoisotopic (exact) mass is 129 g/mol. The molecule has 3 heteroatoms. The molecule has 1 unspecified atom stereocenters. The van der Waals surface area contributed by atoms with Gasteiger partial charge in [-0.25, -0.2) is 0 Å². The van der Waals surface area contributed by atoms with Crippen LogP contribution in [0.1, 0.15) is 6.42 Å². The van der Waals surface area contributed by atoms with Crippen LogP contribution in [-0.4, -0.2) is 32.1 Å². The Bertz CT molecular complexity index is 86.1. The van der Waals surface area contributed by atoms with Crippen molar-refractivity contribution in [2.45, 2.75) is 12.1 Å². The average Bonchev–Trinajstić information content (AvgIpc) is 2.45. The summed E-state index contributed by atoms with van der Waals surface area (Å²) in [6.45, 7) is 3.38. The van der Waals surface area contributed by atoms with Crippen LogP contribution < -0.4 is 5.32 Å². The molecule has 1 N–H and O–H groups in total. The number of hydrogen-bond acceptors (Lipinski definition) is 3. The lowest BCUT2D eigenvalue weighted by Crippen LogP contribution is -2.41. The number of rotatable bonds is 0. The summed E-state index contributed by atoms with van der Waals surface area (Å²) in [5.74, 6) is 0. The Morgan fingerprint density at radius 2 is 2.33 bits per heavy atom. The molecule has 1 spiro atoms. The lowest BCUT2D eigenvalue weighted by Gasteiger charge is -2.19. The molecule has 2 fully saturated rings. The van der Waals surface area contributed by atoms with E-state index in [4.69, 9.17) is 9.47 Å². The van der Waals surface area contributed by atoms with Gasteiger partial charge in [0.05, 0.1) is 19.8 Å². The molecule has 2 aliphatic heterocycles. The van der Waals surface area contributed by atoms with Gasteiger partial charge in [-0.15, -0.1) is 0 Å².